The highest BCUT2D eigenvalue weighted by Crippen LogP contribution is 2.29. The Kier molecular flexibility index (Phi) is 5.51. The van der Waals surface area contributed by atoms with Crippen LogP contribution in [0.25, 0.3) is 0 Å². The molecule has 0 spiro atoms. The first kappa shape index (κ1) is 17.0. The summed E-state index contributed by atoms with van der Waals surface area (Å²) in [7, 11) is 0. The van der Waals surface area contributed by atoms with Gasteiger partial charge in [0.2, 0.25) is 5.91 Å². The van der Waals surface area contributed by atoms with E-state index in [-0.39, 0.29) is 0 Å². The maximum absolute atomic E-state index is 11.7. The minimum atomic E-state index is -0.776. The predicted molar refractivity (Wildman–Crippen MR) is 91.5 cm³/mol. The van der Waals surface area contributed by atoms with Gasteiger partial charge in [0.15, 0.2) is 0 Å². The highest BCUT2D eigenvalue weighted by Gasteiger charge is 2.31. The third-order valence-corrected chi connectivity index (χ3v) is 5.34. The molecule has 0 aliphatic carbocycles. The number of rotatable bonds is 6. The number of carboxylic acids is 1. The van der Waals surface area contributed by atoms with Crippen molar-refractivity contribution in [3.05, 3.63) is 35.9 Å². The number of nitrogens with zero attached hydrogens (tertiary/aromatic N) is 2. The Labute approximate surface area is 143 Å². The van der Waals surface area contributed by atoms with Crippen LogP contribution in [0.4, 0.5) is 0 Å². The third-order valence-electron chi connectivity index (χ3n) is 5.34. The Bertz CT molecular complexity index is 567. The molecule has 2 fully saturated rings. The van der Waals surface area contributed by atoms with Crippen molar-refractivity contribution >= 4 is 11.9 Å². The van der Waals surface area contributed by atoms with Gasteiger partial charge in [0, 0.05) is 19.5 Å². The lowest BCUT2D eigenvalue weighted by Gasteiger charge is -2.36. The van der Waals surface area contributed by atoms with Gasteiger partial charge in [-0.1, -0.05) is 30.3 Å². The van der Waals surface area contributed by atoms with E-state index in [9.17, 15) is 14.7 Å². The highest BCUT2D eigenvalue weighted by atomic mass is 16.4. The predicted octanol–water partition coefficient (Wildman–Crippen LogP) is 2.54. The number of likely N-dealkylation sites (tertiary alicyclic amines) is 2. The summed E-state index contributed by atoms with van der Waals surface area (Å²) >= 11 is 0. The molecule has 0 bridgehead atoms. The fourth-order valence-corrected chi connectivity index (χ4v) is 3.92. The number of piperidine rings is 1. The number of hydrogen-bond acceptors (Lipinski definition) is 3. The summed E-state index contributed by atoms with van der Waals surface area (Å²) in [5.74, 6) is 0.115. The highest BCUT2D eigenvalue weighted by molar-refractivity contribution is 5.78. The normalized spacial score (nSPS) is 21.2. The van der Waals surface area contributed by atoms with Crippen molar-refractivity contribution in [1.82, 2.24) is 9.80 Å². The van der Waals surface area contributed by atoms with E-state index in [4.69, 9.17) is 0 Å². The molecule has 1 aromatic carbocycles. The van der Waals surface area contributed by atoms with Gasteiger partial charge in [-0.2, -0.15) is 0 Å². The van der Waals surface area contributed by atoms with Gasteiger partial charge in [-0.15, -0.1) is 0 Å². The Morgan fingerprint density at radius 3 is 2.46 bits per heavy atom. The minimum Gasteiger partial charge on any atom is -0.480 e. The molecule has 5 nitrogen and oxygen atoms in total. The summed E-state index contributed by atoms with van der Waals surface area (Å²) in [4.78, 5) is 27.5. The third kappa shape index (κ3) is 3.96. The quantitative estimate of drug-likeness (QED) is 0.871. The standard InChI is InChI=1S/C19H26N2O3/c22-17-7-4-11-20(17)12-8-15-9-13-21(14-10-15)18(19(23)24)16-5-2-1-3-6-16/h1-3,5-6,15,18H,4,7-14H2,(H,23,24). The van der Waals surface area contributed by atoms with Gasteiger partial charge < -0.3 is 10.0 Å². The summed E-state index contributed by atoms with van der Waals surface area (Å²) in [6.07, 6.45) is 4.77. The monoisotopic (exact) mass is 330 g/mol. The van der Waals surface area contributed by atoms with Crippen molar-refractivity contribution in [2.24, 2.45) is 5.92 Å². The van der Waals surface area contributed by atoms with Gasteiger partial charge in [-0.05, 0) is 50.3 Å². The van der Waals surface area contributed by atoms with Crippen molar-refractivity contribution < 1.29 is 14.7 Å². The van der Waals surface area contributed by atoms with Gasteiger partial charge >= 0.3 is 5.97 Å². The van der Waals surface area contributed by atoms with Crippen LogP contribution in [0.1, 0.15) is 43.7 Å². The van der Waals surface area contributed by atoms with Gasteiger partial charge in [0.25, 0.3) is 0 Å². The fraction of sp³-hybridized carbons (Fsp3) is 0.579. The molecule has 2 aliphatic heterocycles. The summed E-state index contributed by atoms with van der Waals surface area (Å²) in [5.41, 5.74) is 0.853. The van der Waals surface area contributed by atoms with Crippen molar-refractivity contribution in [3.63, 3.8) is 0 Å². The first-order valence-electron chi connectivity index (χ1n) is 8.94. The van der Waals surface area contributed by atoms with Crippen molar-refractivity contribution in [1.29, 1.82) is 0 Å². The van der Waals surface area contributed by atoms with Gasteiger partial charge in [0.05, 0.1) is 0 Å². The fourth-order valence-electron chi connectivity index (χ4n) is 3.92. The second-order valence-corrected chi connectivity index (χ2v) is 6.90. The van der Waals surface area contributed by atoms with E-state index in [0.717, 1.165) is 57.4 Å². The zero-order valence-electron chi connectivity index (χ0n) is 14.1. The molecule has 1 aromatic rings. The van der Waals surface area contributed by atoms with Crippen LogP contribution in [0, 0.1) is 5.92 Å². The number of benzene rings is 1. The molecule has 3 rings (SSSR count). The average molecular weight is 330 g/mol. The zero-order valence-corrected chi connectivity index (χ0v) is 14.1. The van der Waals surface area contributed by atoms with E-state index in [1.54, 1.807) is 0 Å². The molecule has 1 N–H and O–H groups in total. The Morgan fingerprint density at radius 2 is 1.88 bits per heavy atom. The van der Waals surface area contributed by atoms with Crippen LogP contribution >= 0.6 is 0 Å². The molecule has 2 saturated heterocycles. The van der Waals surface area contributed by atoms with Crippen LogP contribution in [-0.4, -0.2) is 53.0 Å². The second kappa shape index (κ2) is 7.79. The zero-order chi connectivity index (χ0) is 16.9. The number of carbonyl (C=O) groups is 2. The van der Waals surface area contributed by atoms with Crippen LogP contribution in [0.15, 0.2) is 30.3 Å². The Morgan fingerprint density at radius 1 is 1.17 bits per heavy atom. The lowest BCUT2D eigenvalue weighted by Crippen LogP contribution is -2.40. The van der Waals surface area contributed by atoms with E-state index in [1.807, 2.05) is 35.2 Å². The number of hydrogen-bond donors (Lipinski definition) is 1. The summed E-state index contributed by atoms with van der Waals surface area (Å²) in [6, 6.07) is 8.94. The van der Waals surface area contributed by atoms with Gasteiger partial charge in [-0.25, -0.2) is 0 Å². The van der Waals surface area contributed by atoms with Crippen molar-refractivity contribution in [2.75, 3.05) is 26.2 Å². The summed E-state index contributed by atoms with van der Waals surface area (Å²) in [6.45, 7) is 3.40. The van der Waals surface area contributed by atoms with E-state index in [0.29, 0.717) is 18.2 Å². The number of aliphatic carboxylic acids is 1. The number of carboxylic acid groups (broad SMARTS) is 1. The molecule has 1 unspecified atom stereocenters. The summed E-state index contributed by atoms with van der Waals surface area (Å²) in [5, 5.41) is 9.64. The maximum Gasteiger partial charge on any atom is 0.325 e. The summed E-state index contributed by atoms with van der Waals surface area (Å²) < 4.78 is 0. The SMILES string of the molecule is O=C(O)C(c1ccccc1)N1CCC(CCN2CCCC2=O)CC1. The Hall–Kier alpha value is -1.88. The van der Waals surface area contributed by atoms with Crippen LogP contribution in [0.2, 0.25) is 0 Å². The van der Waals surface area contributed by atoms with Crippen molar-refractivity contribution in [2.45, 2.75) is 38.1 Å². The molecule has 0 radical (unpaired) electrons. The van der Waals surface area contributed by atoms with Gasteiger partial charge in [-0.3, -0.25) is 14.5 Å². The largest absolute Gasteiger partial charge is 0.480 e. The minimum absolute atomic E-state index is 0.294. The molecular weight excluding hydrogens is 304 g/mol. The molecule has 2 aliphatic rings. The van der Waals surface area contributed by atoms with E-state index in [1.165, 1.54) is 0 Å². The van der Waals surface area contributed by atoms with E-state index in [2.05, 4.69) is 4.90 Å². The van der Waals surface area contributed by atoms with Crippen LogP contribution in [0.5, 0.6) is 0 Å². The number of carbonyl (C=O) groups excluding carboxylic acids is 1. The molecular formula is C19H26N2O3. The number of amides is 1. The second-order valence-electron chi connectivity index (χ2n) is 6.90. The molecule has 2 heterocycles. The van der Waals surface area contributed by atoms with E-state index >= 15 is 0 Å². The average Bonchev–Trinajstić information content (AvgIpc) is 3.00. The molecule has 0 saturated carbocycles. The lowest BCUT2D eigenvalue weighted by atomic mass is 9.91. The topological polar surface area (TPSA) is 60.9 Å². The molecule has 1 atom stereocenters. The first-order chi connectivity index (χ1) is 11.6. The Balaban J connectivity index is 1.52. The molecule has 24 heavy (non-hydrogen) atoms. The van der Waals surface area contributed by atoms with Crippen LogP contribution in [0.3, 0.4) is 0 Å². The molecule has 1 amide bonds. The van der Waals surface area contributed by atoms with Gasteiger partial charge in [0.1, 0.15) is 6.04 Å². The van der Waals surface area contributed by atoms with E-state index < -0.39 is 12.0 Å². The first-order valence-corrected chi connectivity index (χ1v) is 8.94. The smallest absolute Gasteiger partial charge is 0.325 e. The maximum atomic E-state index is 11.7. The molecule has 130 valence electrons. The van der Waals surface area contributed by atoms with Crippen LogP contribution < -0.4 is 0 Å². The molecule has 5 heteroatoms. The van der Waals surface area contributed by atoms with Crippen molar-refractivity contribution in [3.8, 4) is 0 Å². The molecule has 0 aromatic heterocycles. The lowest BCUT2D eigenvalue weighted by molar-refractivity contribution is -0.144. The van der Waals surface area contributed by atoms with Crippen LogP contribution in [-0.2, 0) is 9.59 Å².